The van der Waals surface area contributed by atoms with Gasteiger partial charge < -0.3 is 10.1 Å². The van der Waals surface area contributed by atoms with E-state index in [4.69, 9.17) is 0 Å². The normalized spacial score (nSPS) is 10.8. The van der Waals surface area contributed by atoms with Crippen LogP contribution in [-0.2, 0) is 4.79 Å². The molecule has 2 rings (SSSR count). The maximum Gasteiger partial charge on any atom is 0.221 e. The van der Waals surface area contributed by atoms with Gasteiger partial charge in [0.15, 0.2) is 17.4 Å². The van der Waals surface area contributed by atoms with E-state index in [9.17, 15) is 44.3 Å². The summed E-state index contributed by atoms with van der Waals surface area (Å²) in [6, 6.07) is 0. The van der Waals surface area contributed by atoms with E-state index in [-0.39, 0.29) is 0 Å². The summed E-state index contributed by atoms with van der Waals surface area (Å²) in [7, 11) is 0. The number of hydrogen-bond donors (Lipinski definition) is 1. The Labute approximate surface area is 138 Å². The predicted octanol–water partition coefficient (Wildman–Crippen LogP) is 4.69. The number of nitrogens with one attached hydrogen (secondary N) is 1. The third kappa shape index (κ3) is 3.02. The van der Waals surface area contributed by atoms with Gasteiger partial charge in [-0.2, -0.15) is 13.2 Å². The quantitative estimate of drug-likeness (QED) is 0.470. The fourth-order valence-corrected chi connectivity index (χ4v) is 1.77. The molecule has 0 spiro atoms. The molecule has 0 radical (unpaired) electrons. The number of rotatable bonds is 3. The Bertz CT molecular complexity index is 901. The van der Waals surface area contributed by atoms with Crippen molar-refractivity contribution in [3.8, 4) is 11.5 Å². The number of anilines is 1. The number of amides is 1. The second-order valence-corrected chi connectivity index (χ2v) is 4.64. The highest BCUT2D eigenvalue weighted by Crippen LogP contribution is 2.40. The van der Waals surface area contributed by atoms with Gasteiger partial charge in [0, 0.05) is 6.92 Å². The zero-order valence-corrected chi connectivity index (χ0v) is 12.2. The summed E-state index contributed by atoms with van der Waals surface area (Å²) in [6.45, 7) is 0.709. The van der Waals surface area contributed by atoms with E-state index < -0.39 is 75.4 Å². The predicted molar refractivity (Wildman–Crippen MR) is 66.9 cm³/mol. The Morgan fingerprint density at radius 2 is 0.962 bits per heavy atom. The highest BCUT2D eigenvalue weighted by atomic mass is 19.2. The molecule has 1 amide bonds. The number of carbonyl (C=O) groups excluding carboxylic acids is 1. The largest absolute Gasteiger partial charge is 0.445 e. The first-order valence-corrected chi connectivity index (χ1v) is 6.31. The molecule has 0 unspecified atom stereocenters. The van der Waals surface area contributed by atoms with Crippen LogP contribution < -0.4 is 10.1 Å². The van der Waals surface area contributed by atoms with E-state index >= 15 is 0 Å². The van der Waals surface area contributed by atoms with Crippen LogP contribution >= 0.6 is 0 Å². The molecule has 0 bridgehead atoms. The molecule has 0 fully saturated rings. The molecule has 26 heavy (non-hydrogen) atoms. The van der Waals surface area contributed by atoms with Crippen molar-refractivity contribution in [2.24, 2.45) is 0 Å². The van der Waals surface area contributed by atoms with Gasteiger partial charge in [0.05, 0.1) is 0 Å². The average molecular weight is 389 g/mol. The lowest BCUT2D eigenvalue weighted by Crippen LogP contribution is -2.13. The number of benzene rings is 2. The van der Waals surface area contributed by atoms with Crippen molar-refractivity contribution < 1.29 is 49.0 Å². The minimum atomic E-state index is -2.58. The molecule has 0 aromatic heterocycles. The number of carbonyl (C=O) groups is 1. The Hall–Kier alpha value is -2.92. The van der Waals surface area contributed by atoms with Crippen LogP contribution in [0.25, 0.3) is 0 Å². The fraction of sp³-hybridized carbons (Fsp3) is 0.0714. The molecular formula is C14H4F9NO2. The van der Waals surface area contributed by atoms with E-state index in [0.717, 1.165) is 0 Å². The lowest BCUT2D eigenvalue weighted by atomic mass is 10.2. The first-order chi connectivity index (χ1) is 12.0. The second kappa shape index (κ2) is 6.77. The first kappa shape index (κ1) is 19.4. The summed E-state index contributed by atoms with van der Waals surface area (Å²) < 4.78 is 125. The van der Waals surface area contributed by atoms with Crippen molar-refractivity contribution >= 4 is 11.6 Å². The fourth-order valence-electron chi connectivity index (χ4n) is 1.77. The van der Waals surface area contributed by atoms with Gasteiger partial charge in [0.25, 0.3) is 0 Å². The van der Waals surface area contributed by atoms with Gasteiger partial charge in [0.2, 0.25) is 52.4 Å². The average Bonchev–Trinajstić information content (AvgIpc) is 2.59. The summed E-state index contributed by atoms with van der Waals surface area (Å²) in [4.78, 5) is 11.0. The molecule has 0 saturated heterocycles. The van der Waals surface area contributed by atoms with E-state index in [1.54, 1.807) is 0 Å². The van der Waals surface area contributed by atoms with Gasteiger partial charge in [-0.1, -0.05) is 0 Å². The summed E-state index contributed by atoms with van der Waals surface area (Å²) in [5.41, 5.74) is -1.56. The van der Waals surface area contributed by atoms with E-state index in [1.807, 2.05) is 0 Å². The zero-order chi connectivity index (χ0) is 19.9. The van der Waals surface area contributed by atoms with Crippen LogP contribution in [0.5, 0.6) is 11.5 Å². The molecule has 0 atom stereocenters. The van der Waals surface area contributed by atoms with Gasteiger partial charge in [-0.15, -0.1) is 0 Å². The lowest BCUT2D eigenvalue weighted by molar-refractivity contribution is -0.114. The maximum absolute atomic E-state index is 13.8. The molecule has 140 valence electrons. The van der Waals surface area contributed by atoms with Gasteiger partial charge in [-0.05, 0) is 0 Å². The maximum atomic E-state index is 13.8. The van der Waals surface area contributed by atoms with Gasteiger partial charge in [-0.3, -0.25) is 4.79 Å². The van der Waals surface area contributed by atoms with Crippen LogP contribution in [0.4, 0.5) is 45.2 Å². The molecule has 0 heterocycles. The van der Waals surface area contributed by atoms with Crippen molar-refractivity contribution in [2.45, 2.75) is 6.92 Å². The Morgan fingerprint density at radius 3 is 1.38 bits per heavy atom. The highest BCUT2D eigenvalue weighted by Gasteiger charge is 2.32. The molecule has 0 aliphatic carbocycles. The van der Waals surface area contributed by atoms with E-state index in [2.05, 4.69) is 4.74 Å². The molecule has 0 aliphatic rings. The minimum Gasteiger partial charge on any atom is -0.445 e. The first-order valence-electron chi connectivity index (χ1n) is 6.31. The third-order valence-electron chi connectivity index (χ3n) is 2.90. The second-order valence-electron chi connectivity index (χ2n) is 4.64. The zero-order valence-electron chi connectivity index (χ0n) is 12.2. The molecule has 0 saturated carbocycles. The third-order valence-corrected chi connectivity index (χ3v) is 2.90. The van der Waals surface area contributed by atoms with Crippen LogP contribution in [0.1, 0.15) is 6.92 Å². The van der Waals surface area contributed by atoms with Gasteiger partial charge in [-0.25, -0.2) is 26.3 Å². The standard InChI is InChI=1S/C14H4F9NO2/c1-2(25)24-12-8(20)4(16)7(19)11(23)14(12)26-13-9(21)5(17)3(15)6(18)10(13)22/h1H3,(H,24,25). The summed E-state index contributed by atoms with van der Waals surface area (Å²) >= 11 is 0. The van der Waals surface area contributed by atoms with Crippen molar-refractivity contribution in [3.05, 3.63) is 52.4 Å². The Balaban J connectivity index is 2.77. The monoisotopic (exact) mass is 389 g/mol. The van der Waals surface area contributed by atoms with Gasteiger partial charge in [0.1, 0.15) is 5.69 Å². The molecule has 1 N–H and O–H groups in total. The SMILES string of the molecule is CC(=O)Nc1c(F)c(F)c(F)c(F)c1Oc1c(F)c(F)c(F)c(F)c1F. The lowest BCUT2D eigenvalue weighted by Gasteiger charge is -2.15. The molecule has 3 nitrogen and oxygen atoms in total. The Kier molecular flexibility index (Phi) is 5.05. The van der Waals surface area contributed by atoms with E-state index in [0.29, 0.717) is 6.92 Å². The molecular weight excluding hydrogens is 385 g/mol. The molecule has 12 heteroatoms. The summed E-state index contributed by atoms with van der Waals surface area (Å²) in [5, 5.41) is 1.46. The summed E-state index contributed by atoms with van der Waals surface area (Å²) in [6.07, 6.45) is 0. The highest BCUT2D eigenvalue weighted by molar-refractivity contribution is 5.90. The number of halogens is 9. The van der Waals surface area contributed by atoms with Crippen LogP contribution in [0.15, 0.2) is 0 Å². The summed E-state index contributed by atoms with van der Waals surface area (Å²) in [5.74, 6) is -27.5. The topological polar surface area (TPSA) is 38.3 Å². The van der Waals surface area contributed by atoms with Crippen LogP contribution in [0.3, 0.4) is 0 Å². The van der Waals surface area contributed by atoms with Crippen LogP contribution in [-0.4, -0.2) is 5.91 Å². The van der Waals surface area contributed by atoms with Crippen LogP contribution in [0.2, 0.25) is 0 Å². The van der Waals surface area contributed by atoms with Crippen molar-refractivity contribution in [1.82, 2.24) is 0 Å². The Morgan fingerprint density at radius 1 is 0.615 bits per heavy atom. The number of hydrogen-bond acceptors (Lipinski definition) is 2. The molecule has 0 aliphatic heterocycles. The molecule has 2 aromatic carbocycles. The minimum absolute atomic E-state index is 0.709. The van der Waals surface area contributed by atoms with Crippen LogP contribution in [0, 0.1) is 52.4 Å². The smallest absolute Gasteiger partial charge is 0.221 e. The van der Waals surface area contributed by atoms with Crippen molar-refractivity contribution in [3.63, 3.8) is 0 Å². The van der Waals surface area contributed by atoms with Crippen molar-refractivity contribution in [2.75, 3.05) is 5.32 Å². The van der Waals surface area contributed by atoms with Crippen molar-refractivity contribution in [1.29, 1.82) is 0 Å². The number of ether oxygens (including phenoxy) is 1. The molecule has 2 aromatic rings. The van der Waals surface area contributed by atoms with E-state index in [1.165, 1.54) is 5.32 Å². The van der Waals surface area contributed by atoms with Gasteiger partial charge >= 0.3 is 0 Å².